The highest BCUT2D eigenvalue weighted by Crippen LogP contribution is 2.22. The first kappa shape index (κ1) is 14.3. The Bertz CT molecular complexity index is 421. The Kier molecular flexibility index (Phi) is 4.80. The fourth-order valence-corrected chi connectivity index (χ4v) is 2.64. The lowest BCUT2D eigenvalue weighted by Crippen LogP contribution is -2.36. The summed E-state index contributed by atoms with van der Waals surface area (Å²) in [5.41, 5.74) is 0. The van der Waals surface area contributed by atoms with E-state index in [4.69, 9.17) is 11.6 Å². The molecule has 0 saturated carbocycles. The van der Waals surface area contributed by atoms with E-state index in [9.17, 15) is 0 Å². The molecule has 19 heavy (non-hydrogen) atoms. The van der Waals surface area contributed by atoms with Crippen LogP contribution in [0.25, 0.3) is 0 Å². The van der Waals surface area contributed by atoms with Gasteiger partial charge in [0, 0.05) is 26.2 Å². The van der Waals surface area contributed by atoms with Gasteiger partial charge < -0.3 is 9.80 Å². The summed E-state index contributed by atoms with van der Waals surface area (Å²) >= 11 is 6.05. The second-order valence-corrected chi connectivity index (χ2v) is 5.41. The fourth-order valence-electron chi connectivity index (χ4n) is 2.49. The van der Waals surface area contributed by atoms with E-state index in [0.29, 0.717) is 17.8 Å². The van der Waals surface area contributed by atoms with Crippen LogP contribution in [0.4, 0.5) is 11.9 Å². The zero-order valence-electron chi connectivity index (χ0n) is 11.9. The van der Waals surface area contributed by atoms with E-state index in [1.807, 2.05) is 0 Å². The minimum absolute atomic E-state index is 0.283. The van der Waals surface area contributed by atoms with Gasteiger partial charge in [0.05, 0.1) is 0 Å². The van der Waals surface area contributed by atoms with Gasteiger partial charge in [-0.2, -0.15) is 15.0 Å². The molecule has 1 aromatic heterocycles. The van der Waals surface area contributed by atoms with Gasteiger partial charge in [-0.3, -0.25) is 0 Å². The van der Waals surface area contributed by atoms with Gasteiger partial charge >= 0.3 is 0 Å². The van der Waals surface area contributed by atoms with Crippen LogP contribution in [0.3, 0.4) is 0 Å². The Morgan fingerprint density at radius 1 is 1.26 bits per heavy atom. The monoisotopic (exact) mass is 283 g/mol. The van der Waals surface area contributed by atoms with E-state index < -0.39 is 0 Å². The molecule has 1 fully saturated rings. The Balaban J connectivity index is 2.25. The van der Waals surface area contributed by atoms with Crippen molar-refractivity contribution in [2.45, 2.75) is 33.6 Å². The van der Waals surface area contributed by atoms with Gasteiger partial charge in [-0.25, -0.2) is 0 Å². The van der Waals surface area contributed by atoms with Crippen LogP contribution < -0.4 is 9.80 Å². The molecule has 106 valence electrons. The van der Waals surface area contributed by atoms with E-state index >= 15 is 0 Å². The maximum atomic E-state index is 6.05. The van der Waals surface area contributed by atoms with Crippen LogP contribution in [0, 0.1) is 5.92 Å². The molecule has 1 aromatic rings. The summed E-state index contributed by atoms with van der Waals surface area (Å²) in [6.07, 6.45) is 2.46. The van der Waals surface area contributed by atoms with E-state index in [1.54, 1.807) is 0 Å². The first-order chi connectivity index (χ1) is 9.13. The summed E-state index contributed by atoms with van der Waals surface area (Å²) < 4.78 is 0. The van der Waals surface area contributed by atoms with Gasteiger partial charge in [0.1, 0.15) is 0 Å². The van der Waals surface area contributed by atoms with Crippen LogP contribution in [0.2, 0.25) is 5.28 Å². The highest BCUT2D eigenvalue weighted by atomic mass is 35.5. The first-order valence-electron chi connectivity index (χ1n) is 7.05. The third-order valence-electron chi connectivity index (χ3n) is 3.57. The molecular weight excluding hydrogens is 262 g/mol. The third kappa shape index (κ3) is 3.47. The zero-order chi connectivity index (χ0) is 13.8. The van der Waals surface area contributed by atoms with E-state index in [2.05, 4.69) is 45.5 Å². The van der Waals surface area contributed by atoms with Gasteiger partial charge in [0.2, 0.25) is 17.2 Å². The molecular formula is C13H22ClN5. The molecule has 0 radical (unpaired) electrons. The third-order valence-corrected chi connectivity index (χ3v) is 3.74. The molecule has 2 rings (SSSR count). The standard InChI is InChI=1S/C13H22ClN5/c1-4-18(5-2)12-15-11(14)16-13(17-12)19-8-6-7-10(3)9-19/h10H,4-9H2,1-3H3. The minimum Gasteiger partial charge on any atom is -0.341 e. The largest absolute Gasteiger partial charge is 0.341 e. The predicted molar refractivity (Wildman–Crippen MR) is 79.0 cm³/mol. The van der Waals surface area contributed by atoms with Crippen molar-refractivity contribution in [3.8, 4) is 0 Å². The van der Waals surface area contributed by atoms with E-state index in [-0.39, 0.29) is 5.28 Å². The van der Waals surface area contributed by atoms with Crippen LogP contribution in [-0.4, -0.2) is 41.1 Å². The van der Waals surface area contributed by atoms with Crippen molar-refractivity contribution in [1.82, 2.24) is 15.0 Å². The zero-order valence-corrected chi connectivity index (χ0v) is 12.7. The number of anilines is 2. The van der Waals surface area contributed by atoms with Crippen LogP contribution >= 0.6 is 11.6 Å². The average Bonchev–Trinajstić information content (AvgIpc) is 2.39. The quantitative estimate of drug-likeness (QED) is 0.850. The summed E-state index contributed by atoms with van der Waals surface area (Å²) in [5, 5.41) is 0.283. The minimum atomic E-state index is 0.283. The van der Waals surface area contributed by atoms with E-state index in [0.717, 1.165) is 26.2 Å². The molecule has 0 aliphatic carbocycles. The molecule has 1 aliphatic heterocycles. The lowest BCUT2D eigenvalue weighted by molar-refractivity contribution is 0.441. The number of nitrogens with zero attached hydrogens (tertiary/aromatic N) is 5. The van der Waals surface area contributed by atoms with Gasteiger partial charge in [0.25, 0.3) is 0 Å². The number of rotatable bonds is 4. The number of piperidine rings is 1. The van der Waals surface area contributed by atoms with E-state index in [1.165, 1.54) is 12.8 Å². The molecule has 1 unspecified atom stereocenters. The number of hydrogen-bond acceptors (Lipinski definition) is 5. The van der Waals surface area contributed by atoms with Crippen LogP contribution in [0.5, 0.6) is 0 Å². The Morgan fingerprint density at radius 2 is 2.00 bits per heavy atom. The predicted octanol–water partition coefficient (Wildman–Crippen LogP) is 2.61. The maximum absolute atomic E-state index is 6.05. The smallest absolute Gasteiger partial charge is 0.231 e. The lowest BCUT2D eigenvalue weighted by Gasteiger charge is -2.31. The summed E-state index contributed by atoms with van der Waals surface area (Å²) in [6.45, 7) is 10.2. The maximum Gasteiger partial charge on any atom is 0.231 e. The number of aromatic nitrogens is 3. The summed E-state index contributed by atoms with van der Waals surface area (Å²) in [5.74, 6) is 2.08. The second kappa shape index (κ2) is 6.37. The highest BCUT2D eigenvalue weighted by Gasteiger charge is 2.20. The van der Waals surface area contributed by atoms with Crippen molar-refractivity contribution >= 4 is 23.5 Å². The average molecular weight is 284 g/mol. The summed E-state index contributed by atoms with van der Waals surface area (Å²) in [7, 11) is 0. The molecule has 0 spiro atoms. The number of halogens is 1. The van der Waals surface area contributed by atoms with Crippen molar-refractivity contribution in [2.24, 2.45) is 5.92 Å². The molecule has 1 atom stereocenters. The topological polar surface area (TPSA) is 45.2 Å². The molecule has 5 nitrogen and oxygen atoms in total. The van der Waals surface area contributed by atoms with Crippen LogP contribution in [0.15, 0.2) is 0 Å². The number of hydrogen-bond donors (Lipinski definition) is 0. The van der Waals surface area contributed by atoms with Crippen molar-refractivity contribution in [3.63, 3.8) is 0 Å². The van der Waals surface area contributed by atoms with Crippen LogP contribution in [-0.2, 0) is 0 Å². The summed E-state index contributed by atoms with van der Waals surface area (Å²) in [4.78, 5) is 17.4. The van der Waals surface area contributed by atoms with Crippen molar-refractivity contribution < 1.29 is 0 Å². The SMILES string of the molecule is CCN(CC)c1nc(Cl)nc(N2CCCC(C)C2)n1. The molecule has 2 heterocycles. The Hall–Kier alpha value is -1.10. The molecule has 0 amide bonds. The lowest BCUT2D eigenvalue weighted by atomic mass is 10.0. The van der Waals surface area contributed by atoms with Gasteiger partial charge in [-0.05, 0) is 44.2 Å². The fraction of sp³-hybridized carbons (Fsp3) is 0.769. The van der Waals surface area contributed by atoms with Crippen molar-refractivity contribution in [1.29, 1.82) is 0 Å². The van der Waals surface area contributed by atoms with Crippen molar-refractivity contribution in [2.75, 3.05) is 36.0 Å². The molecule has 0 N–H and O–H groups in total. The molecule has 1 saturated heterocycles. The Morgan fingerprint density at radius 3 is 2.63 bits per heavy atom. The van der Waals surface area contributed by atoms with Crippen molar-refractivity contribution in [3.05, 3.63) is 5.28 Å². The second-order valence-electron chi connectivity index (χ2n) is 5.07. The highest BCUT2D eigenvalue weighted by molar-refractivity contribution is 6.28. The van der Waals surface area contributed by atoms with Gasteiger partial charge in [-0.1, -0.05) is 6.92 Å². The summed E-state index contributed by atoms with van der Waals surface area (Å²) in [6, 6.07) is 0. The molecule has 0 bridgehead atoms. The van der Waals surface area contributed by atoms with Crippen LogP contribution in [0.1, 0.15) is 33.6 Å². The molecule has 0 aromatic carbocycles. The first-order valence-corrected chi connectivity index (χ1v) is 7.43. The molecule has 6 heteroatoms. The normalized spacial score (nSPS) is 19.6. The van der Waals surface area contributed by atoms with Gasteiger partial charge in [-0.15, -0.1) is 0 Å². The molecule has 1 aliphatic rings. The Labute approximate surface area is 120 Å². The van der Waals surface area contributed by atoms with Gasteiger partial charge in [0.15, 0.2) is 0 Å².